The van der Waals surface area contributed by atoms with E-state index in [2.05, 4.69) is 4.99 Å². The molecule has 3 rings (SSSR count). The first-order valence-corrected chi connectivity index (χ1v) is 8.22. The van der Waals surface area contributed by atoms with Crippen molar-refractivity contribution in [3.05, 3.63) is 65.4 Å². The van der Waals surface area contributed by atoms with Crippen LogP contribution in [0, 0.1) is 0 Å². The Morgan fingerprint density at radius 3 is 2.88 bits per heavy atom. The van der Waals surface area contributed by atoms with Crippen molar-refractivity contribution in [1.29, 1.82) is 0 Å². The van der Waals surface area contributed by atoms with E-state index >= 15 is 0 Å². The summed E-state index contributed by atoms with van der Waals surface area (Å²) >= 11 is 0. The number of nitrogens with zero attached hydrogens (tertiary/aromatic N) is 3. The number of rotatable bonds is 4. The fraction of sp³-hybridized carbons (Fsp3) is 0.250. The van der Waals surface area contributed by atoms with Gasteiger partial charge in [0, 0.05) is 44.2 Å². The summed E-state index contributed by atoms with van der Waals surface area (Å²) < 4.78 is 0. The highest BCUT2D eigenvalue weighted by Crippen LogP contribution is 2.34. The Morgan fingerprint density at radius 2 is 2.16 bits per heavy atom. The summed E-state index contributed by atoms with van der Waals surface area (Å²) in [5, 5.41) is 0. The quantitative estimate of drug-likeness (QED) is 0.794. The van der Waals surface area contributed by atoms with Crippen LogP contribution in [-0.2, 0) is 4.79 Å². The van der Waals surface area contributed by atoms with Crippen LogP contribution in [0.4, 0.5) is 0 Å². The van der Waals surface area contributed by atoms with Crippen molar-refractivity contribution >= 4 is 23.6 Å². The smallest absolute Gasteiger partial charge is 0.256 e. The lowest BCUT2D eigenvalue weighted by molar-refractivity contribution is -0.128. The second-order valence-electron chi connectivity index (χ2n) is 6.21. The van der Waals surface area contributed by atoms with Gasteiger partial charge in [0.15, 0.2) is 6.04 Å². The van der Waals surface area contributed by atoms with Gasteiger partial charge in [-0.2, -0.15) is 0 Å². The first kappa shape index (κ1) is 16.9. The first-order valence-electron chi connectivity index (χ1n) is 8.22. The van der Waals surface area contributed by atoms with E-state index in [1.165, 1.54) is 0 Å². The Morgan fingerprint density at radius 1 is 1.36 bits per heavy atom. The zero-order valence-corrected chi connectivity index (χ0v) is 14.6. The molecule has 0 saturated carbocycles. The van der Waals surface area contributed by atoms with Crippen molar-refractivity contribution in [2.24, 2.45) is 4.99 Å². The van der Waals surface area contributed by atoms with Gasteiger partial charge in [0.25, 0.3) is 11.8 Å². The maximum Gasteiger partial charge on any atom is 0.256 e. The van der Waals surface area contributed by atoms with Crippen LogP contribution in [0.15, 0.2) is 59.3 Å². The Hall–Kier alpha value is -2.95. The molecule has 5 nitrogen and oxygen atoms in total. The molecule has 0 aromatic heterocycles. The van der Waals surface area contributed by atoms with Crippen molar-refractivity contribution in [2.45, 2.75) is 13.0 Å². The van der Waals surface area contributed by atoms with Gasteiger partial charge >= 0.3 is 0 Å². The maximum atomic E-state index is 12.6. The van der Waals surface area contributed by atoms with Crippen LogP contribution in [0.3, 0.4) is 0 Å². The van der Waals surface area contributed by atoms with Gasteiger partial charge in [-0.25, -0.2) is 0 Å². The molecule has 0 saturated heterocycles. The lowest BCUT2D eigenvalue weighted by Gasteiger charge is -2.29. The molecule has 1 atom stereocenters. The van der Waals surface area contributed by atoms with Crippen LogP contribution in [0.1, 0.15) is 22.8 Å². The maximum absolute atomic E-state index is 12.6. The fourth-order valence-electron chi connectivity index (χ4n) is 2.95. The lowest BCUT2D eigenvalue weighted by atomic mass is 9.90. The summed E-state index contributed by atoms with van der Waals surface area (Å²) in [7, 11) is 3.46. The summed E-state index contributed by atoms with van der Waals surface area (Å²) in [6.07, 6.45) is 9.27. The third-order valence-electron chi connectivity index (χ3n) is 4.26. The van der Waals surface area contributed by atoms with Gasteiger partial charge in [-0.15, -0.1) is 0 Å². The van der Waals surface area contributed by atoms with Crippen LogP contribution >= 0.6 is 0 Å². The topological polar surface area (TPSA) is 53.0 Å². The Kier molecular flexibility index (Phi) is 4.65. The summed E-state index contributed by atoms with van der Waals surface area (Å²) in [6.45, 7) is 2.43. The second kappa shape index (κ2) is 6.89. The SMILES string of the molecule is CC=CCN1C=C(c2cccc(C(=O)N(C)C)c2)C2=CC=NC2C1=O. The molecule has 0 fully saturated rings. The summed E-state index contributed by atoms with van der Waals surface area (Å²) in [5.74, 6) is -0.0734. The number of hydrogen-bond acceptors (Lipinski definition) is 3. The van der Waals surface area contributed by atoms with Gasteiger partial charge < -0.3 is 9.80 Å². The van der Waals surface area contributed by atoms with E-state index in [9.17, 15) is 9.59 Å². The lowest BCUT2D eigenvalue weighted by Crippen LogP contribution is -2.39. The molecule has 2 amide bonds. The van der Waals surface area contributed by atoms with Gasteiger partial charge in [-0.1, -0.05) is 24.3 Å². The normalized spacial score (nSPS) is 19.1. The van der Waals surface area contributed by atoms with E-state index in [1.54, 1.807) is 36.2 Å². The Labute approximate surface area is 147 Å². The van der Waals surface area contributed by atoms with Gasteiger partial charge in [0.1, 0.15) is 0 Å². The zero-order chi connectivity index (χ0) is 18.0. The number of allylic oxidation sites excluding steroid dienone is 2. The van der Waals surface area contributed by atoms with Crippen molar-refractivity contribution < 1.29 is 9.59 Å². The third-order valence-corrected chi connectivity index (χ3v) is 4.26. The number of carbonyl (C=O) groups is 2. The van der Waals surface area contributed by atoms with Gasteiger partial charge in [-0.05, 0) is 36.3 Å². The third kappa shape index (κ3) is 3.18. The number of amides is 2. The molecule has 0 bridgehead atoms. The number of hydrogen-bond donors (Lipinski definition) is 0. The molecule has 0 aliphatic carbocycles. The molecular formula is C20H21N3O2. The highest BCUT2D eigenvalue weighted by molar-refractivity contribution is 6.04. The summed E-state index contributed by atoms with van der Waals surface area (Å²) in [4.78, 5) is 32.4. The molecule has 1 aromatic rings. The second-order valence-corrected chi connectivity index (χ2v) is 6.21. The summed E-state index contributed by atoms with van der Waals surface area (Å²) in [6, 6.07) is 7.00. The molecule has 2 aliphatic rings. The molecule has 2 aliphatic heterocycles. The van der Waals surface area contributed by atoms with Gasteiger partial charge in [0.2, 0.25) is 0 Å². The monoisotopic (exact) mass is 335 g/mol. The van der Waals surface area contributed by atoms with Crippen LogP contribution in [0.2, 0.25) is 0 Å². The Bertz CT molecular complexity index is 831. The average molecular weight is 335 g/mol. The van der Waals surface area contributed by atoms with E-state index in [0.717, 1.165) is 16.7 Å². The standard InChI is InChI=1S/C20H21N3O2/c1-4-5-11-23-13-17(16-9-10-21-18(16)20(23)25)14-7-6-8-15(12-14)19(24)22(2)3/h4-10,12-13,18H,11H2,1-3H3. The predicted octanol–water partition coefficient (Wildman–Crippen LogP) is 2.53. The predicted molar refractivity (Wildman–Crippen MR) is 99.3 cm³/mol. The van der Waals surface area contributed by atoms with Crippen LogP contribution in [0.5, 0.6) is 0 Å². The van der Waals surface area contributed by atoms with E-state index in [0.29, 0.717) is 12.1 Å². The molecule has 25 heavy (non-hydrogen) atoms. The number of carbonyl (C=O) groups excluding carboxylic acids is 2. The highest BCUT2D eigenvalue weighted by Gasteiger charge is 2.34. The molecule has 0 spiro atoms. The number of fused-ring (bicyclic) bond motifs is 1. The van der Waals surface area contributed by atoms with E-state index in [4.69, 9.17) is 0 Å². The number of benzene rings is 1. The van der Waals surface area contributed by atoms with Crippen molar-refractivity contribution in [3.8, 4) is 0 Å². The fourth-order valence-corrected chi connectivity index (χ4v) is 2.95. The zero-order valence-electron chi connectivity index (χ0n) is 14.6. The molecule has 5 heteroatoms. The molecule has 1 aromatic carbocycles. The minimum absolute atomic E-state index is 0.0256. The van der Waals surface area contributed by atoms with Gasteiger partial charge in [-0.3, -0.25) is 14.6 Å². The van der Waals surface area contributed by atoms with E-state index in [-0.39, 0.29) is 11.8 Å². The van der Waals surface area contributed by atoms with E-state index in [1.807, 2.05) is 49.6 Å². The highest BCUT2D eigenvalue weighted by atomic mass is 16.2. The Balaban J connectivity index is 2.03. The minimum Gasteiger partial charge on any atom is -0.345 e. The van der Waals surface area contributed by atoms with Crippen LogP contribution in [-0.4, -0.2) is 54.5 Å². The molecule has 1 unspecified atom stereocenters. The number of aliphatic imine (C=N–C) groups is 1. The molecule has 128 valence electrons. The van der Waals surface area contributed by atoms with Crippen LogP contribution in [0.25, 0.3) is 5.57 Å². The summed E-state index contributed by atoms with van der Waals surface area (Å²) in [5.41, 5.74) is 3.35. The molecular weight excluding hydrogens is 314 g/mol. The van der Waals surface area contributed by atoms with Crippen molar-refractivity contribution in [3.63, 3.8) is 0 Å². The largest absolute Gasteiger partial charge is 0.345 e. The average Bonchev–Trinajstić information content (AvgIpc) is 3.11. The van der Waals surface area contributed by atoms with E-state index < -0.39 is 6.04 Å². The molecule has 0 N–H and O–H groups in total. The molecule has 0 radical (unpaired) electrons. The van der Waals surface area contributed by atoms with Crippen molar-refractivity contribution in [1.82, 2.24) is 9.80 Å². The van der Waals surface area contributed by atoms with Crippen molar-refractivity contribution in [2.75, 3.05) is 20.6 Å². The van der Waals surface area contributed by atoms with Crippen LogP contribution < -0.4 is 0 Å². The molecule has 2 heterocycles. The first-order chi connectivity index (χ1) is 12.0. The van der Waals surface area contributed by atoms with Gasteiger partial charge in [0.05, 0.1) is 0 Å². The minimum atomic E-state index is -0.488.